The molecule has 1 fully saturated rings. The highest BCUT2D eigenvalue weighted by atomic mass is 16.5. The van der Waals surface area contributed by atoms with Gasteiger partial charge in [0.05, 0.1) is 11.5 Å². The van der Waals surface area contributed by atoms with Gasteiger partial charge in [-0.2, -0.15) is 10.2 Å². The number of ether oxygens (including phenoxy) is 1. The first-order valence-electron chi connectivity index (χ1n) is 9.45. The average Bonchev–Trinajstić information content (AvgIpc) is 3.24. The van der Waals surface area contributed by atoms with Crippen molar-refractivity contribution in [1.82, 2.24) is 20.0 Å². The van der Waals surface area contributed by atoms with Gasteiger partial charge in [-0.1, -0.05) is 36.8 Å². The van der Waals surface area contributed by atoms with Crippen molar-refractivity contribution in [2.75, 3.05) is 12.4 Å². The molecular weight excluding hydrogens is 342 g/mol. The van der Waals surface area contributed by atoms with E-state index in [1.54, 1.807) is 11.8 Å². The maximum Gasteiger partial charge on any atom is 0.225 e. The molecule has 1 aliphatic rings. The zero-order chi connectivity index (χ0) is 18.8. The molecular formula is C20H25N5O2. The van der Waals surface area contributed by atoms with Gasteiger partial charge in [-0.25, -0.2) is 4.68 Å². The van der Waals surface area contributed by atoms with Gasteiger partial charge in [-0.3, -0.25) is 9.89 Å². The van der Waals surface area contributed by atoms with Crippen LogP contribution < -0.4 is 5.32 Å². The average molecular weight is 367 g/mol. The summed E-state index contributed by atoms with van der Waals surface area (Å²) in [6.45, 7) is 0. The lowest BCUT2D eigenvalue weighted by Crippen LogP contribution is -2.25. The van der Waals surface area contributed by atoms with Crippen LogP contribution in [0.2, 0.25) is 0 Å². The predicted molar refractivity (Wildman–Crippen MR) is 104 cm³/mol. The summed E-state index contributed by atoms with van der Waals surface area (Å²) in [5, 5.41) is 15.7. The molecule has 1 aliphatic carbocycles. The number of hydrogen-bond acceptors (Lipinski definition) is 4. The van der Waals surface area contributed by atoms with Crippen molar-refractivity contribution in [2.24, 2.45) is 13.0 Å². The Balaban J connectivity index is 1.55. The highest BCUT2D eigenvalue weighted by Crippen LogP contribution is 2.32. The molecule has 2 atom stereocenters. The largest absolute Gasteiger partial charge is 0.381 e. The molecule has 0 aliphatic heterocycles. The summed E-state index contributed by atoms with van der Waals surface area (Å²) >= 11 is 0. The number of H-pyrrole nitrogens is 1. The first-order chi connectivity index (χ1) is 13.2. The molecule has 3 aromatic rings. The van der Waals surface area contributed by atoms with Crippen molar-refractivity contribution in [3.8, 4) is 11.3 Å². The summed E-state index contributed by atoms with van der Waals surface area (Å²) < 4.78 is 7.21. The molecule has 4 rings (SSSR count). The Labute approximate surface area is 158 Å². The first-order valence-corrected chi connectivity index (χ1v) is 9.45. The summed E-state index contributed by atoms with van der Waals surface area (Å²) in [7, 11) is 3.61. The number of aromatic nitrogens is 4. The van der Waals surface area contributed by atoms with E-state index in [0.717, 1.165) is 48.0 Å². The Morgan fingerprint density at radius 1 is 1.33 bits per heavy atom. The van der Waals surface area contributed by atoms with Crippen LogP contribution >= 0.6 is 0 Å². The molecule has 0 saturated heterocycles. The number of aryl methyl sites for hydroxylation is 1. The molecule has 2 heterocycles. The lowest BCUT2D eigenvalue weighted by molar-refractivity contribution is -0.117. The van der Waals surface area contributed by atoms with E-state index in [4.69, 9.17) is 4.74 Å². The van der Waals surface area contributed by atoms with Crippen LogP contribution in [0.25, 0.3) is 22.3 Å². The fraction of sp³-hybridized carbons (Fsp3) is 0.450. The number of carbonyl (C=O) groups is 1. The molecule has 1 amide bonds. The maximum absolute atomic E-state index is 12.6. The summed E-state index contributed by atoms with van der Waals surface area (Å²) in [6, 6.07) is 9.94. The van der Waals surface area contributed by atoms with E-state index in [1.165, 1.54) is 0 Å². The number of benzene rings is 1. The van der Waals surface area contributed by atoms with E-state index in [-0.39, 0.29) is 12.0 Å². The fourth-order valence-corrected chi connectivity index (χ4v) is 4.02. The van der Waals surface area contributed by atoms with Gasteiger partial charge in [-0.15, -0.1) is 0 Å². The lowest BCUT2D eigenvalue weighted by atomic mass is 9.85. The van der Waals surface area contributed by atoms with E-state index < -0.39 is 0 Å². The standard InChI is InChI=1S/C20H25N5O2/c1-25-20-17(18(24-25)14-8-4-3-5-9-14)19(22-23-20)21-16(26)12-13-7-6-10-15(11-13)27-2/h3-5,8-9,13,15H,6-7,10-12H2,1-2H3,(H2,21,22,23,26). The predicted octanol–water partition coefficient (Wildman–Crippen LogP) is 3.50. The molecule has 2 aromatic heterocycles. The van der Waals surface area contributed by atoms with Crippen molar-refractivity contribution in [1.29, 1.82) is 0 Å². The van der Waals surface area contributed by atoms with E-state index in [0.29, 0.717) is 18.2 Å². The number of nitrogens with zero attached hydrogens (tertiary/aromatic N) is 3. The number of hydrogen-bond donors (Lipinski definition) is 2. The topological polar surface area (TPSA) is 84.8 Å². The molecule has 0 spiro atoms. The van der Waals surface area contributed by atoms with Crippen LogP contribution in [-0.4, -0.2) is 39.1 Å². The molecule has 1 saturated carbocycles. The first kappa shape index (κ1) is 17.7. The Morgan fingerprint density at radius 3 is 2.93 bits per heavy atom. The number of methoxy groups -OCH3 is 1. The quantitative estimate of drug-likeness (QED) is 0.723. The van der Waals surface area contributed by atoms with Gasteiger partial charge in [0.15, 0.2) is 5.65 Å². The number of amides is 1. The van der Waals surface area contributed by atoms with Gasteiger partial charge < -0.3 is 10.1 Å². The molecule has 7 nitrogen and oxygen atoms in total. The summed E-state index contributed by atoms with van der Waals surface area (Å²) in [6.07, 6.45) is 5.01. The molecule has 0 radical (unpaired) electrons. The molecule has 1 aromatic carbocycles. The second-order valence-corrected chi connectivity index (χ2v) is 7.28. The van der Waals surface area contributed by atoms with Gasteiger partial charge in [0.2, 0.25) is 5.91 Å². The molecule has 7 heteroatoms. The number of carbonyl (C=O) groups excluding carboxylic acids is 1. The van der Waals surface area contributed by atoms with Gasteiger partial charge in [0.1, 0.15) is 11.5 Å². The van der Waals surface area contributed by atoms with Crippen LogP contribution in [0.3, 0.4) is 0 Å². The van der Waals surface area contributed by atoms with Gasteiger partial charge in [-0.05, 0) is 25.2 Å². The van der Waals surface area contributed by atoms with Gasteiger partial charge in [0.25, 0.3) is 0 Å². The van der Waals surface area contributed by atoms with Crippen molar-refractivity contribution in [3.63, 3.8) is 0 Å². The molecule has 2 unspecified atom stereocenters. The summed E-state index contributed by atoms with van der Waals surface area (Å²) in [4.78, 5) is 12.6. The van der Waals surface area contributed by atoms with Gasteiger partial charge in [0, 0.05) is 26.1 Å². The zero-order valence-corrected chi connectivity index (χ0v) is 15.7. The molecule has 0 bridgehead atoms. The minimum atomic E-state index is 0.00479. The van der Waals surface area contributed by atoms with Crippen molar-refractivity contribution < 1.29 is 9.53 Å². The molecule has 2 N–H and O–H groups in total. The number of anilines is 1. The molecule has 27 heavy (non-hydrogen) atoms. The highest BCUT2D eigenvalue weighted by molar-refractivity contribution is 6.05. The Kier molecular flexibility index (Phi) is 4.94. The van der Waals surface area contributed by atoms with Crippen LogP contribution in [0.5, 0.6) is 0 Å². The van der Waals surface area contributed by atoms with Crippen molar-refractivity contribution >= 4 is 22.8 Å². The summed E-state index contributed by atoms with van der Waals surface area (Å²) in [5.41, 5.74) is 2.53. The van der Waals surface area contributed by atoms with E-state index in [9.17, 15) is 4.79 Å². The minimum Gasteiger partial charge on any atom is -0.381 e. The highest BCUT2D eigenvalue weighted by Gasteiger charge is 2.25. The van der Waals surface area contributed by atoms with Crippen LogP contribution in [0.1, 0.15) is 32.1 Å². The van der Waals surface area contributed by atoms with E-state index in [2.05, 4.69) is 20.6 Å². The fourth-order valence-electron chi connectivity index (χ4n) is 4.02. The second-order valence-electron chi connectivity index (χ2n) is 7.28. The lowest BCUT2D eigenvalue weighted by Gasteiger charge is -2.27. The maximum atomic E-state index is 12.6. The third kappa shape index (κ3) is 3.60. The van der Waals surface area contributed by atoms with E-state index >= 15 is 0 Å². The Morgan fingerprint density at radius 2 is 2.15 bits per heavy atom. The Hall–Kier alpha value is -2.67. The zero-order valence-electron chi connectivity index (χ0n) is 15.7. The summed E-state index contributed by atoms with van der Waals surface area (Å²) in [5.74, 6) is 0.982. The smallest absolute Gasteiger partial charge is 0.225 e. The van der Waals surface area contributed by atoms with Crippen LogP contribution in [0.4, 0.5) is 5.82 Å². The Bertz CT molecular complexity index is 931. The third-order valence-electron chi connectivity index (χ3n) is 5.39. The van der Waals surface area contributed by atoms with Crippen LogP contribution in [0, 0.1) is 5.92 Å². The van der Waals surface area contributed by atoms with Gasteiger partial charge >= 0.3 is 0 Å². The van der Waals surface area contributed by atoms with Crippen LogP contribution in [0.15, 0.2) is 30.3 Å². The normalized spacial score (nSPS) is 20.1. The van der Waals surface area contributed by atoms with Crippen LogP contribution in [-0.2, 0) is 16.6 Å². The number of rotatable bonds is 5. The third-order valence-corrected chi connectivity index (χ3v) is 5.39. The van der Waals surface area contributed by atoms with E-state index in [1.807, 2.05) is 37.4 Å². The van der Waals surface area contributed by atoms with Crippen molar-refractivity contribution in [2.45, 2.75) is 38.2 Å². The SMILES string of the molecule is COC1CCCC(CC(=O)Nc2[nH]nc3c2c(-c2ccccc2)nn3C)C1. The number of fused-ring (bicyclic) bond motifs is 1. The van der Waals surface area contributed by atoms with Crippen molar-refractivity contribution in [3.05, 3.63) is 30.3 Å². The molecule has 142 valence electrons. The minimum absolute atomic E-state index is 0.00479. The second kappa shape index (κ2) is 7.52. The number of aromatic amines is 1. The number of nitrogens with one attached hydrogen (secondary N) is 2. The monoisotopic (exact) mass is 367 g/mol.